The zero-order valence-corrected chi connectivity index (χ0v) is 8.09. The molecule has 0 bridgehead atoms. The van der Waals surface area contributed by atoms with Crippen LogP contribution in [-0.4, -0.2) is 31.2 Å². The van der Waals surface area contributed by atoms with E-state index >= 15 is 0 Å². The number of amides is 1. The molecule has 0 aromatic rings. The van der Waals surface area contributed by atoms with Crippen molar-refractivity contribution in [1.29, 1.82) is 0 Å². The molecule has 3 heteroatoms. The van der Waals surface area contributed by atoms with Crippen LogP contribution in [0, 0.1) is 0 Å². The topological polar surface area (TPSA) is 29.5 Å². The molecule has 0 aromatic carbocycles. The molecular formula is C9H17NO2. The standard InChI is InChI=1S/C9H17NO2/c1-5-6-10(7-12-4)9(11)8(2)3/h2,5-7H2,1,3-4H3. The highest BCUT2D eigenvalue weighted by atomic mass is 16.5. The van der Waals surface area contributed by atoms with Crippen molar-refractivity contribution in [2.75, 3.05) is 20.4 Å². The van der Waals surface area contributed by atoms with Crippen LogP contribution in [0.1, 0.15) is 20.3 Å². The van der Waals surface area contributed by atoms with Crippen molar-refractivity contribution >= 4 is 5.91 Å². The van der Waals surface area contributed by atoms with E-state index in [2.05, 4.69) is 6.58 Å². The molecule has 0 heterocycles. The second-order valence-corrected chi connectivity index (χ2v) is 2.77. The first-order valence-electron chi connectivity index (χ1n) is 4.07. The number of ether oxygens (including phenoxy) is 1. The second-order valence-electron chi connectivity index (χ2n) is 2.77. The van der Waals surface area contributed by atoms with Gasteiger partial charge in [-0.1, -0.05) is 13.5 Å². The minimum absolute atomic E-state index is 0.0290. The average molecular weight is 171 g/mol. The second kappa shape index (κ2) is 5.77. The summed E-state index contributed by atoms with van der Waals surface area (Å²) in [6, 6.07) is 0. The highest BCUT2D eigenvalue weighted by molar-refractivity contribution is 5.92. The zero-order valence-electron chi connectivity index (χ0n) is 8.09. The van der Waals surface area contributed by atoms with Gasteiger partial charge in [0.15, 0.2) is 0 Å². The number of nitrogens with zero attached hydrogens (tertiary/aromatic N) is 1. The first-order chi connectivity index (χ1) is 5.63. The lowest BCUT2D eigenvalue weighted by Crippen LogP contribution is -2.33. The summed E-state index contributed by atoms with van der Waals surface area (Å²) in [7, 11) is 1.58. The van der Waals surface area contributed by atoms with Crippen LogP contribution in [0.15, 0.2) is 12.2 Å². The fourth-order valence-corrected chi connectivity index (χ4v) is 0.920. The molecule has 70 valence electrons. The molecule has 12 heavy (non-hydrogen) atoms. The SMILES string of the molecule is C=C(C)C(=O)N(CCC)COC. The van der Waals surface area contributed by atoms with Gasteiger partial charge in [0.1, 0.15) is 6.73 Å². The van der Waals surface area contributed by atoms with Crippen LogP contribution < -0.4 is 0 Å². The summed E-state index contributed by atoms with van der Waals surface area (Å²) in [4.78, 5) is 13.0. The van der Waals surface area contributed by atoms with Crippen molar-refractivity contribution in [1.82, 2.24) is 4.90 Å². The number of hydrogen-bond donors (Lipinski definition) is 0. The van der Waals surface area contributed by atoms with Gasteiger partial charge in [0.05, 0.1) is 0 Å². The molecule has 0 aliphatic carbocycles. The van der Waals surface area contributed by atoms with Gasteiger partial charge in [-0.05, 0) is 13.3 Å². The van der Waals surface area contributed by atoms with Crippen LogP contribution in [-0.2, 0) is 9.53 Å². The highest BCUT2D eigenvalue weighted by Crippen LogP contribution is 1.99. The fraction of sp³-hybridized carbons (Fsp3) is 0.667. The van der Waals surface area contributed by atoms with Crippen molar-refractivity contribution < 1.29 is 9.53 Å². The third-order valence-electron chi connectivity index (χ3n) is 1.43. The van der Waals surface area contributed by atoms with Crippen LogP contribution in [0.4, 0.5) is 0 Å². The summed E-state index contributed by atoms with van der Waals surface area (Å²) in [6.07, 6.45) is 0.933. The summed E-state index contributed by atoms with van der Waals surface area (Å²) in [6.45, 7) is 8.39. The molecule has 1 amide bonds. The van der Waals surface area contributed by atoms with E-state index in [9.17, 15) is 4.79 Å². The van der Waals surface area contributed by atoms with Crippen molar-refractivity contribution in [2.45, 2.75) is 20.3 Å². The molecule has 0 spiro atoms. The predicted molar refractivity (Wildman–Crippen MR) is 48.7 cm³/mol. The molecule has 0 aliphatic rings. The zero-order chi connectivity index (χ0) is 9.56. The molecule has 0 atom stereocenters. The van der Waals surface area contributed by atoms with Gasteiger partial charge in [-0.15, -0.1) is 0 Å². The maximum Gasteiger partial charge on any atom is 0.250 e. The Bertz CT molecular complexity index is 160. The molecule has 0 rings (SSSR count). The summed E-state index contributed by atoms with van der Waals surface area (Å²) in [5, 5.41) is 0. The lowest BCUT2D eigenvalue weighted by atomic mass is 10.3. The van der Waals surface area contributed by atoms with Crippen LogP contribution in [0.5, 0.6) is 0 Å². The molecule has 3 nitrogen and oxygen atoms in total. The van der Waals surface area contributed by atoms with E-state index in [4.69, 9.17) is 4.74 Å². The highest BCUT2D eigenvalue weighted by Gasteiger charge is 2.11. The van der Waals surface area contributed by atoms with E-state index in [1.54, 1.807) is 18.9 Å². The van der Waals surface area contributed by atoms with Crippen LogP contribution in [0.25, 0.3) is 0 Å². The summed E-state index contributed by atoms with van der Waals surface area (Å²) in [5.41, 5.74) is 0.556. The van der Waals surface area contributed by atoms with E-state index < -0.39 is 0 Å². The van der Waals surface area contributed by atoms with Crippen molar-refractivity contribution in [3.63, 3.8) is 0 Å². The Morgan fingerprint density at radius 1 is 1.58 bits per heavy atom. The third kappa shape index (κ3) is 3.53. The van der Waals surface area contributed by atoms with Crippen molar-refractivity contribution in [3.05, 3.63) is 12.2 Å². The summed E-state index contributed by atoms with van der Waals surface area (Å²) in [5.74, 6) is -0.0290. The quantitative estimate of drug-likeness (QED) is 0.462. The van der Waals surface area contributed by atoms with E-state index in [0.29, 0.717) is 12.3 Å². The Morgan fingerprint density at radius 3 is 2.50 bits per heavy atom. The van der Waals surface area contributed by atoms with Crippen LogP contribution in [0.3, 0.4) is 0 Å². The average Bonchev–Trinajstić information content (AvgIpc) is 2.03. The van der Waals surface area contributed by atoms with Gasteiger partial charge in [0, 0.05) is 19.2 Å². The lowest BCUT2D eigenvalue weighted by molar-refractivity contribution is -0.131. The van der Waals surface area contributed by atoms with Gasteiger partial charge in [0.25, 0.3) is 5.91 Å². The first kappa shape index (κ1) is 11.2. The molecule has 0 aliphatic heterocycles. The van der Waals surface area contributed by atoms with E-state index in [1.165, 1.54) is 0 Å². The molecular weight excluding hydrogens is 154 g/mol. The minimum atomic E-state index is -0.0290. The van der Waals surface area contributed by atoms with Gasteiger partial charge in [-0.3, -0.25) is 4.79 Å². The third-order valence-corrected chi connectivity index (χ3v) is 1.43. The molecule has 0 saturated carbocycles. The number of methoxy groups -OCH3 is 1. The largest absolute Gasteiger partial charge is 0.364 e. The van der Waals surface area contributed by atoms with Gasteiger partial charge >= 0.3 is 0 Å². The monoisotopic (exact) mass is 171 g/mol. The predicted octanol–water partition coefficient (Wildman–Crippen LogP) is 1.41. The molecule has 0 aromatic heterocycles. The Hall–Kier alpha value is -0.830. The normalized spacial score (nSPS) is 9.58. The van der Waals surface area contributed by atoms with Crippen LogP contribution >= 0.6 is 0 Å². The van der Waals surface area contributed by atoms with Crippen molar-refractivity contribution in [2.24, 2.45) is 0 Å². The number of carbonyl (C=O) groups is 1. The minimum Gasteiger partial charge on any atom is -0.364 e. The maximum absolute atomic E-state index is 11.4. The molecule has 0 fully saturated rings. The van der Waals surface area contributed by atoms with E-state index in [-0.39, 0.29) is 5.91 Å². The van der Waals surface area contributed by atoms with Crippen LogP contribution in [0.2, 0.25) is 0 Å². The van der Waals surface area contributed by atoms with Crippen molar-refractivity contribution in [3.8, 4) is 0 Å². The maximum atomic E-state index is 11.4. The lowest BCUT2D eigenvalue weighted by Gasteiger charge is -2.20. The number of hydrogen-bond acceptors (Lipinski definition) is 2. The van der Waals surface area contributed by atoms with E-state index in [0.717, 1.165) is 13.0 Å². The molecule has 0 N–H and O–H groups in total. The van der Waals surface area contributed by atoms with Gasteiger partial charge in [-0.2, -0.15) is 0 Å². The fourth-order valence-electron chi connectivity index (χ4n) is 0.920. The van der Waals surface area contributed by atoms with E-state index in [1.807, 2.05) is 6.92 Å². The number of rotatable bonds is 5. The Morgan fingerprint density at radius 2 is 2.17 bits per heavy atom. The first-order valence-corrected chi connectivity index (χ1v) is 4.07. The molecule has 0 unspecified atom stereocenters. The molecule has 0 radical (unpaired) electrons. The Kier molecular flexibility index (Phi) is 5.37. The van der Waals surface area contributed by atoms with Gasteiger partial charge in [-0.25, -0.2) is 0 Å². The Labute approximate surface area is 74.0 Å². The Balaban J connectivity index is 4.08. The number of carbonyl (C=O) groups excluding carboxylic acids is 1. The molecule has 0 saturated heterocycles. The summed E-state index contributed by atoms with van der Waals surface area (Å²) < 4.78 is 4.89. The smallest absolute Gasteiger partial charge is 0.250 e. The summed E-state index contributed by atoms with van der Waals surface area (Å²) >= 11 is 0. The van der Waals surface area contributed by atoms with Gasteiger partial charge in [0.2, 0.25) is 0 Å². The van der Waals surface area contributed by atoms with Gasteiger partial charge < -0.3 is 9.64 Å².